The summed E-state index contributed by atoms with van der Waals surface area (Å²) in [6, 6.07) is 12.1. The quantitative estimate of drug-likeness (QED) is 0.713. The molecule has 0 aliphatic carbocycles. The molecule has 88 valence electrons. The highest BCUT2D eigenvalue weighted by Crippen LogP contribution is 2.30. The third kappa shape index (κ3) is 3.05. The van der Waals surface area contributed by atoms with Crippen LogP contribution < -0.4 is 0 Å². The van der Waals surface area contributed by atoms with Gasteiger partial charge in [-0.25, -0.2) is 0 Å². The van der Waals surface area contributed by atoms with Gasteiger partial charge in [-0.3, -0.25) is 4.79 Å². The highest BCUT2D eigenvalue weighted by molar-refractivity contribution is 9.10. The fourth-order valence-corrected chi connectivity index (χ4v) is 3.00. The largest absolute Gasteiger partial charge is 0.293 e. The molecule has 0 unspecified atom stereocenters. The van der Waals surface area contributed by atoms with Crippen LogP contribution in [0.4, 0.5) is 0 Å². The van der Waals surface area contributed by atoms with Crippen molar-refractivity contribution in [2.75, 3.05) is 0 Å². The van der Waals surface area contributed by atoms with E-state index in [1.54, 1.807) is 11.3 Å². The van der Waals surface area contributed by atoms with Crippen LogP contribution in [-0.4, -0.2) is 5.78 Å². The van der Waals surface area contributed by atoms with Gasteiger partial charge in [0.1, 0.15) is 0 Å². The molecule has 0 N–H and O–H groups in total. The maximum atomic E-state index is 11.8. The van der Waals surface area contributed by atoms with Crippen molar-refractivity contribution in [2.45, 2.75) is 19.8 Å². The fraction of sp³-hybridized carbons (Fsp3) is 0.214. The van der Waals surface area contributed by atoms with E-state index in [0.717, 1.165) is 26.2 Å². The first-order valence-corrected chi connectivity index (χ1v) is 7.20. The molecule has 0 amide bonds. The summed E-state index contributed by atoms with van der Waals surface area (Å²) in [5.74, 6) is 0.249. The lowest BCUT2D eigenvalue weighted by atomic mass is 10.2. The summed E-state index contributed by atoms with van der Waals surface area (Å²) in [6.07, 6.45) is 1.54. The van der Waals surface area contributed by atoms with E-state index < -0.39 is 0 Å². The predicted octanol–water partition coefficient (Wildman–Crippen LogP) is 5.16. The van der Waals surface area contributed by atoms with E-state index in [2.05, 4.69) is 28.1 Å². The minimum Gasteiger partial charge on any atom is -0.293 e. The van der Waals surface area contributed by atoms with Gasteiger partial charge in [0.2, 0.25) is 0 Å². The molecular weight excluding hydrogens is 296 g/mol. The zero-order valence-corrected chi connectivity index (χ0v) is 12.0. The van der Waals surface area contributed by atoms with Crippen LogP contribution in [0.5, 0.6) is 0 Å². The standard InChI is InChI=1S/C14H13BrOS/c1-2-4-12(16)14-8-7-13(17-14)10-5-3-6-11(15)9-10/h3,5-9H,2,4H2,1H3. The summed E-state index contributed by atoms with van der Waals surface area (Å²) in [5.41, 5.74) is 1.15. The van der Waals surface area contributed by atoms with E-state index >= 15 is 0 Å². The molecular formula is C14H13BrOS. The van der Waals surface area contributed by atoms with Crippen LogP contribution in [0.3, 0.4) is 0 Å². The number of hydrogen-bond acceptors (Lipinski definition) is 2. The van der Waals surface area contributed by atoms with Crippen LogP contribution in [0.25, 0.3) is 10.4 Å². The van der Waals surface area contributed by atoms with Crippen molar-refractivity contribution in [3.63, 3.8) is 0 Å². The van der Waals surface area contributed by atoms with Crippen LogP contribution >= 0.6 is 27.3 Å². The Hall–Kier alpha value is -0.930. The van der Waals surface area contributed by atoms with Crippen LogP contribution in [0.2, 0.25) is 0 Å². The van der Waals surface area contributed by atoms with Gasteiger partial charge in [0.15, 0.2) is 5.78 Å². The summed E-state index contributed by atoms with van der Waals surface area (Å²) in [5, 5.41) is 0. The van der Waals surface area contributed by atoms with E-state index in [0.29, 0.717) is 6.42 Å². The van der Waals surface area contributed by atoms with Gasteiger partial charge in [0.05, 0.1) is 4.88 Å². The van der Waals surface area contributed by atoms with E-state index in [-0.39, 0.29) is 5.78 Å². The Morgan fingerprint density at radius 1 is 1.29 bits per heavy atom. The van der Waals surface area contributed by atoms with Crippen molar-refractivity contribution >= 4 is 33.0 Å². The minimum absolute atomic E-state index is 0.249. The second-order valence-electron chi connectivity index (χ2n) is 3.85. The summed E-state index contributed by atoms with van der Waals surface area (Å²) >= 11 is 5.03. The molecule has 2 aromatic rings. The highest BCUT2D eigenvalue weighted by atomic mass is 79.9. The molecule has 0 aliphatic heterocycles. The molecule has 0 radical (unpaired) electrons. The molecule has 1 aromatic heterocycles. The first-order valence-electron chi connectivity index (χ1n) is 5.59. The molecule has 17 heavy (non-hydrogen) atoms. The Morgan fingerprint density at radius 3 is 2.82 bits per heavy atom. The monoisotopic (exact) mass is 308 g/mol. The lowest BCUT2D eigenvalue weighted by Gasteiger charge is -1.97. The molecule has 3 heteroatoms. The Bertz CT molecular complexity index is 531. The lowest BCUT2D eigenvalue weighted by molar-refractivity contribution is 0.0985. The highest BCUT2D eigenvalue weighted by Gasteiger charge is 2.09. The summed E-state index contributed by atoms with van der Waals surface area (Å²) in [7, 11) is 0. The predicted molar refractivity (Wildman–Crippen MR) is 76.7 cm³/mol. The molecule has 0 bridgehead atoms. The van der Waals surface area contributed by atoms with Crippen molar-refractivity contribution < 1.29 is 4.79 Å². The van der Waals surface area contributed by atoms with Crippen LogP contribution in [-0.2, 0) is 0 Å². The van der Waals surface area contributed by atoms with Gasteiger partial charge in [0.25, 0.3) is 0 Å². The third-order valence-corrected chi connectivity index (χ3v) is 4.14. The van der Waals surface area contributed by atoms with Crippen molar-refractivity contribution in [2.24, 2.45) is 0 Å². The number of halogens is 1. The number of carbonyl (C=O) groups excluding carboxylic acids is 1. The molecule has 0 aliphatic rings. The SMILES string of the molecule is CCCC(=O)c1ccc(-c2cccc(Br)c2)s1. The second-order valence-corrected chi connectivity index (χ2v) is 5.85. The van der Waals surface area contributed by atoms with Crippen molar-refractivity contribution in [3.8, 4) is 10.4 Å². The van der Waals surface area contributed by atoms with Crippen LogP contribution in [0.15, 0.2) is 40.9 Å². The Kier molecular flexibility index (Phi) is 4.13. The minimum atomic E-state index is 0.249. The van der Waals surface area contributed by atoms with E-state index in [9.17, 15) is 4.79 Å². The normalized spacial score (nSPS) is 10.5. The molecule has 1 heterocycles. The average molecular weight is 309 g/mol. The van der Waals surface area contributed by atoms with Gasteiger partial charge in [0, 0.05) is 15.8 Å². The number of rotatable bonds is 4. The van der Waals surface area contributed by atoms with Gasteiger partial charge < -0.3 is 0 Å². The molecule has 0 saturated heterocycles. The lowest BCUT2D eigenvalue weighted by Crippen LogP contribution is -1.93. The topological polar surface area (TPSA) is 17.1 Å². The summed E-state index contributed by atoms with van der Waals surface area (Å²) < 4.78 is 1.06. The maximum Gasteiger partial charge on any atom is 0.172 e. The van der Waals surface area contributed by atoms with Crippen molar-refractivity contribution in [1.29, 1.82) is 0 Å². The van der Waals surface area contributed by atoms with Crippen LogP contribution in [0.1, 0.15) is 29.4 Å². The van der Waals surface area contributed by atoms with Crippen LogP contribution in [0, 0.1) is 0 Å². The second kappa shape index (κ2) is 5.61. The third-order valence-electron chi connectivity index (χ3n) is 2.47. The van der Waals surface area contributed by atoms with Gasteiger partial charge >= 0.3 is 0 Å². The summed E-state index contributed by atoms with van der Waals surface area (Å²) in [4.78, 5) is 13.8. The van der Waals surface area contributed by atoms with E-state index in [1.807, 2.05) is 31.2 Å². The molecule has 0 fully saturated rings. The number of benzene rings is 1. The number of Topliss-reactive ketones (excluding diaryl/α,β-unsaturated/α-hetero) is 1. The number of thiophene rings is 1. The summed E-state index contributed by atoms with van der Waals surface area (Å²) in [6.45, 7) is 2.03. The zero-order chi connectivity index (χ0) is 12.3. The van der Waals surface area contributed by atoms with Gasteiger partial charge in [-0.1, -0.05) is 35.0 Å². The number of hydrogen-bond donors (Lipinski definition) is 0. The zero-order valence-electron chi connectivity index (χ0n) is 9.57. The smallest absolute Gasteiger partial charge is 0.172 e. The Labute approximate surface area is 114 Å². The molecule has 2 rings (SSSR count). The van der Waals surface area contributed by atoms with Gasteiger partial charge in [-0.15, -0.1) is 11.3 Å². The Morgan fingerprint density at radius 2 is 2.12 bits per heavy atom. The first-order chi connectivity index (χ1) is 8.20. The Balaban J connectivity index is 2.27. The number of ketones is 1. The first kappa shape index (κ1) is 12.5. The number of carbonyl (C=O) groups is 1. The van der Waals surface area contributed by atoms with Gasteiger partial charge in [-0.2, -0.15) is 0 Å². The van der Waals surface area contributed by atoms with E-state index in [4.69, 9.17) is 0 Å². The molecule has 1 aromatic carbocycles. The van der Waals surface area contributed by atoms with E-state index in [1.165, 1.54) is 0 Å². The molecule has 0 saturated carbocycles. The molecule has 0 spiro atoms. The maximum absolute atomic E-state index is 11.8. The average Bonchev–Trinajstić information content (AvgIpc) is 2.78. The van der Waals surface area contributed by atoms with Gasteiger partial charge in [-0.05, 0) is 36.2 Å². The van der Waals surface area contributed by atoms with Crippen molar-refractivity contribution in [1.82, 2.24) is 0 Å². The molecule has 0 atom stereocenters. The fourth-order valence-electron chi connectivity index (χ4n) is 1.63. The molecule has 1 nitrogen and oxygen atoms in total. The van der Waals surface area contributed by atoms with Crippen molar-refractivity contribution in [3.05, 3.63) is 45.7 Å².